The number of fused-ring (bicyclic) bond motifs is 1. The quantitative estimate of drug-likeness (QED) is 0.829. The molecular weight excluding hydrogens is 234 g/mol. The average molecular weight is 253 g/mol. The maximum atomic E-state index is 6.01. The Morgan fingerprint density at radius 1 is 1.11 bits per heavy atom. The summed E-state index contributed by atoms with van der Waals surface area (Å²) < 4.78 is 6.01. The first-order valence-electron chi connectivity index (χ1n) is 6.98. The van der Waals surface area contributed by atoms with E-state index in [4.69, 9.17) is 4.74 Å². The Morgan fingerprint density at radius 3 is 2.89 bits per heavy atom. The molecule has 0 saturated heterocycles. The highest BCUT2D eigenvalue weighted by atomic mass is 16.5. The van der Waals surface area contributed by atoms with Crippen molar-refractivity contribution in [2.45, 2.75) is 39.2 Å². The van der Waals surface area contributed by atoms with E-state index < -0.39 is 0 Å². The van der Waals surface area contributed by atoms with Gasteiger partial charge in [-0.15, -0.1) is 0 Å². The molecule has 0 amide bonds. The van der Waals surface area contributed by atoms with Gasteiger partial charge in [-0.2, -0.15) is 0 Å². The molecule has 1 heterocycles. The van der Waals surface area contributed by atoms with Crippen molar-refractivity contribution in [1.29, 1.82) is 0 Å². The average Bonchev–Trinajstić information content (AvgIpc) is 2.46. The lowest BCUT2D eigenvalue weighted by atomic mass is 9.91. The van der Waals surface area contributed by atoms with Crippen molar-refractivity contribution in [1.82, 2.24) is 4.98 Å². The van der Waals surface area contributed by atoms with Crippen LogP contribution in [0, 0.1) is 6.92 Å². The SMILES string of the molecule is Cc1cccnc1COc1cccc2c1CCCC2. The third kappa shape index (κ3) is 2.62. The molecular formula is C17H19NO. The van der Waals surface area contributed by atoms with E-state index in [1.165, 1.54) is 36.0 Å². The number of aryl methyl sites for hydroxylation is 2. The predicted octanol–water partition coefficient (Wildman–Crippen LogP) is 3.85. The Hall–Kier alpha value is -1.83. The molecule has 0 fully saturated rings. The molecule has 1 aromatic carbocycles. The van der Waals surface area contributed by atoms with Crippen LogP contribution in [0.3, 0.4) is 0 Å². The molecule has 98 valence electrons. The van der Waals surface area contributed by atoms with Crippen molar-refractivity contribution in [2.24, 2.45) is 0 Å². The van der Waals surface area contributed by atoms with Crippen LogP contribution >= 0.6 is 0 Å². The molecule has 0 saturated carbocycles. The van der Waals surface area contributed by atoms with Gasteiger partial charge < -0.3 is 4.74 Å². The van der Waals surface area contributed by atoms with Crippen LogP contribution in [0.4, 0.5) is 0 Å². The van der Waals surface area contributed by atoms with Crippen LogP contribution in [-0.4, -0.2) is 4.98 Å². The van der Waals surface area contributed by atoms with E-state index >= 15 is 0 Å². The van der Waals surface area contributed by atoms with Gasteiger partial charge in [-0.05, 0) is 61.4 Å². The lowest BCUT2D eigenvalue weighted by Crippen LogP contribution is -2.07. The van der Waals surface area contributed by atoms with Crippen LogP contribution in [0.15, 0.2) is 36.5 Å². The van der Waals surface area contributed by atoms with Crippen molar-refractivity contribution < 1.29 is 4.74 Å². The number of hydrogen-bond donors (Lipinski definition) is 0. The maximum Gasteiger partial charge on any atom is 0.130 e. The van der Waals surface area contributed by atoms with Crippen LogP contribution in [0.2, 0.25) is 0 Å². The summed E-state index contributed by atoms with van der Waals surface area (Å²) in [6.07, 6.45) is 6.74. The number of hydrogen-bond acceptors (Lipinski definition) is 2. The van der Waals surface area contributed by atoms with Crippen LogP contribution < -0.4 is 4.74 Å². The lowest BCUT2D eigenvalue weighted by Gasteiger charge is -2.19. The summed E-state index contributed by atoms with van der Waals surface area (Å²) in [6, 6.07) is 10.5. The van der Waals surface area contributed by atoms with Crippen molar-refractivity contribution in [3.05, 3.63) is 58.9 Å². The first-order valence-corrected chi connectivity index (χ1v) is 6.98. The number of rotatable bonds is 3. The zero-order chi connectivity index (χ0) is 13.1. The molecule has 0 atom stereocenters. The summed E-state index contributed by atoms with van der Waals surface area (Å²) in [5.41, 5.74) is 5.08. The van der Waals surface area contributed by atoms with Gasteiger partial charge in [-0.25, -0.2) is 0 Å². The van der Waals surface area contributed by atoms with Gasteiger partial charge >= 0.3 is 0 Å². The fraction of sp³-hybridized carbons (Fsp3) is 0.353. The molecule has 0 radical (unpaired) electrons. The highest BCUT2D eigenvalue weighted by Crippen LogP contribution is 2.30. The van der Waals surface area contributed by atoms with E-state index in [2.05, 4.69) is 36.2 Å². The summed E-state index contributed by atoms with van der Waals surface area (Å²) in [5, 5.41) is 0. The van der Waals surface area contributed by atoms with Gasteiger partial charge in [0.2, 0.25) is 0 Å². The standard InChI is InChI=1S/C17H19NO/c1-13-6-5-11-18-16(13)12-19-17-10-4-8-14-7-2-3-9-15(14)17/h4-6,8,10-11H,2-3,7,9,12H2,1H3. The van der Waals surface area contributed by atoms with E-state index in [1.807, 2.05) is 12.3 Å². The summed E-state index contributed by atoms with van der Waals surface area (Å²) in [6.45, 7) is 2.63. The molecule has 2 nitrogen and oxygen atoms in total. The van der Waals surface area contributed by atoms with E-state index in [9.17, 15) is 0 Å². The summed E-state index contributed by atoms with van der Waals surface area (Å²) in [7, 11) is 0. The Kier molecular flexibility index (Phi) is 3.49. The van der Waals surface area contributed by atoms with Crippen LogP contribution in [0.25, 0.3) is 0 Å². The zero-order valence-electron chi connectivity index (χ0n) is 11.4. The van der Waals surface area contributed by atoms with Crippen molar-refractivity contribution >= 4 is 0 Å². The van der Waals surface area contributed by atoms with Crippen LogP contribution in [-0.2, 0) is 19.4 Å². The molecule has 3 rings (SSSR count). The molecule has 1 aromatic heterocycles. The summed E-state index contributed by atoms with van der Waals surface area (Å²) in [5.74, 6) is 1.04. The van der Waals surface area contributed by atoms with Gasteiger partial charge in [0.05, 0.1) is 5.69 Å². The Balaban J connectivity index is 1.79. The van der Waals surface area contributed by atoms with Gasteiger partial charge in [-0.1, -0.05) is 18.2 Å². The fourth-order valence-corrected chi connectivity index (χ4v) is 2.70. The molecule has 19 heavy (non-hydrogen) atoms. The van der Waals surface area contributed by atoms with Crippen molar-refractivity contribution in [3.8, 4) is 5.75 Å². The zero-order valence-corrected chi connectivity index (χ0v) is 11.4. The lowest BCUT2D eigenvalue weighted by molar-refractivity contribution is 0.296. The highest BCUT2D eigenvalue weighted by Gasteiger charge is 2.14. The van der Waals surface area contributed by atoms with Gasteiger partial charge in [0.1, 0.15) is 12.4 Å². The van der Waals surface area contributed by atoms with E-state index in [0.29, 0.717) is 6.61 Å². The largest absolute Gasteiger partial charge is 0.487 e. The number of aromatic nitrogens is 1. The smallest absolute Gasteiger partial charge is 0.130 e. The maximum absolute atomic E-state index is 6.01. The topological polar surface area (TPSA) is 22.1 Å². The summed E-state index contributed by atoms with van der Waals surface area (Å²) in [4.78, 5) is 4.38. The Labute approximate surface area is 114 Å². The van der Waals surface area contributed by atoms with Gasteiger partial charge in [0.25, 0.3) is 0 Å². The molecule has 0 spiro atoms. The number of pyridine rings is 1. The highest BCUT2D eigenvalue weighted by molar-refractivity contribution is 5.41. The van der Waals surface area contributed by atoms with E-state index in [1.54, 1.807) is 0 Å². The third-order valence-corrected chi connectivity index (χ3v) is 3.84. The van der Waals surface area contributed by atoms with Gasteiger partial charge in [0, 0.05) is 6.20 Å². The minimum absolute atomic E-state index is 0.559. The first-order chi connectivity index (χ1) is 9.34. The van der Waals surface area contributed by atoms with Gasteiger partial charge in [-0.3, -0.25) is 4.98 Å². The monoisotopic (exact) mass is 253 g/mol. The van der Waals surface area contributed by atoms with E-state index in [0.717, 1.165) is 17.9 Å². The molecule has 0 unspecified atom stereocenters. The normalized spacial score (nSPS) is 13.9. The van der Waals surface area contributed by atoms with Crippen molar-refractivity contribution in [2.75, 3.05) is 0 Å². The molecule has 0 aliphatic heterocycles. The molecule has 1 aliphatic carbocycles. The first kappa shape index (κ1) is 12.2. The Morgan fingerprint density at radius 2 is 2.00 bits per heavy atom. The van der Waals surface area contributed by atoms with Crippen LogP contribution in [0.5, 0.6) is 5.75 Å². The molecule has 1 aliphatic rings. The second-order valence-electron chi connectivity index (χ2n) is 5.16. The number of benzene rings is 1. The number of nitrogens with zero attached hydrogens (tertiary/aromatic N) is 1. The predicted molar refractivity (Wildman–Crippen MR) is 76.4 cm³/mol. The third-order valence-electron chi connectivity index (χ3n) is 3.84. The van der Waals surface area contributed by atoms with Gasteiger partial charge in [0.15, 0.2) is 0 Å². The second-order valence-corrected chi connectivity index (χ2v) is 5.16. The molecule has 2 aromatic rings. The molecule has 2 heteroatoms. The fourth-order valence-electron chi connectivity index (χ4n) is 2.70. The summed E-state index contributed by atoms with van der Waals surface area (Å²) >= 11 is 0. The van der Waals surface area contributed by atoms with E-state index in [-0.39, 0.29) is 0 Å². The minimum atomic E-state index is 0.559. The molecule has 0 bridgehead atoms. The van der Waals surface area contributed by atoms with Crippen LogP contribution in [0.1, 0.15) is 35.2 Å². The minimum Gasteiger partial charge on any atom is -0.487 e. The van der Waals surface area contributed by atoms with Crippen molar-refractivity contribution in [3.63, 3.8) is 0 Å². The Bertz CT molecular complexity index is 577. The number of ether oxygens (including phenoxy) is 1. The molecule has 0 N–H and O–H groups in total. The second kappa shape index (κ2) is 5.43.